The van der Waals surface area contributed by atoms with Crippen LogP contribution in [0.2, 0.25) is 0 Å². The van der Waals surface area contributed by atoms with Gasteiger partial charge in [0.05, 0.1) is 6.61 Å². The maximum absolute atomic E-state index is 5.42. The number of piperidine rings is 1. The molecule has 0 amide bonds. The molecule has 0 spiro atoms. The van der Waals surface area contributed by atoms with Crippen LogP contribution in [0.3, 0.4) is 0 Å². The van der Waals surface area contributed by atoms with Crippen molar-refractivity contribution in [3.05, 3.63) is 23.9 Å². The maximum Gasteiger partial charge on any atom is 0.213 e. The normalized spacial score (nSPS) is 25.4. The zero-order valence-corrected chi connectivity index (χ0v) is 10.1. The molecule has 16 heavy (non-hydrogen) atoms. The Balaban J connectivity index is 2.05. The molecule has 0 aromatic carbocycles. The van der Waals surface area contributed by atoms with Gasteiger partial charge in [0.15, 0.2) is 0 Å². The zero-order valence-electron chi connectivity index (χ0n) is 10.1. The Morgan fingerprint density at radius 1 is 1.50 bits per heavy atom. The molecule has 1 saturated heterocycles. The minimum Gasteiger partial charge on any atom is -0.478 e. The minimum absolute atomic E-state index is 0.471. The number of aromatic nitrogens is 1. The third-order valence-electron chi connectivity index (χ3n) is 3.11. The van der Waals surface area contributed by atoms with E-state index in [1.807, 2.05) is 13.1 Å². The Hall–Kier alpha value is -1.09. The molecule has 0 bridgehead atoms. The molecule has 0 unspecified atom stereocenters. The maximum atomic E-state index is 5.42. The fourth-order valence-corrected chi connectivity index (χ4v) is 2.15. The van der Waals surface area contributed by atoms with Crippen molar-refractivity contribution in [2.24, 2.45) is 5.92 Å². The molecule has 1 aliphatic rings. The number of nitrogens with zero attached hydrogens (tertiary/aromatic N) is 1. The van der Waals surface area contributed by atoms with Gasteiger partial charge in [-0.25, -0.2) is 4.98 Å². The van der Waals surface area contributed by atoms with Crippen molar-refractivity contribution in [3.63, 3.8) is 0 Å². The highest BCUT2D eigenvalue weighted by atomic mass is 16.5. The molecule has 3 heteroatoms. The van der Waals surface area contributed by atoms with Crippen molar-refractivity contribution in [2.45, 2.75) is 32.7 Å². The van der Waals surface area contributed by atoms with E-state index in [1.54, 1.807) is 0 Å². The highest BCUT2D eigenvalue weighted by Crippen LogP contribution is 2.26. The molecule has 0 radical (unpaired) electrons. The molecule has 2 atom stereocenters. The van der Waals surface area contributed by atoms with E-state index in [0.29, 0.717) is 12.6 Å². The summed E-state index contributed by atoms with van der Waals surface area (Å²) in [7, 11) is 0. The van der Waals surface area contributed by atoms with Gasteiger partial charge < -0.3 is 10.1 Å². The highest BCUT2D eigenvalue weighted by Gasteiger charge is 2.19. The summed E-state index contributed by atoms with van der Waals surface area (Å²) in [6.07, 6.45) is 4.33. The Labute approximate surface area is 97.2 Å². The van der Waals surface area contributed by atoms with Crippen molar-refractivity contribution in [1.29, 1.82) is 0 Å². The summed E-state index contributed by atoms with van der Waals surface area (Å²) < 4.78 is 5.42. The van der Waals surface area contributed by atoms with Gasteiger partial charge >= 0.3 is 0 Å². The first-order chi connectivity index (χ1) is 7.79. The third-order valence-corrected chi connectivity index (χ3v) is 3.11. The Morgan fingerprint density at radius 2 is 2.38 bits per heavy atom. The van der Waals surface area contributed by atoms with E-state index >= 15 is 0 Å². The smallest absolute Gasteiger partial charge is 0.213 e. The Kier molecular flexibility index (Phi) is 3.78. The number of pyridine rings is 1. The molecule has 2 heterocycles. The van der Waals surface area contributed by atoms with Gasteiger partial charge in [-0.15, -0.1) is 0 Å². The summed E-state index contributed by atoms with van der Waals surface area (Å²) in [5.41, 5.74) is 1.30. The minimum atomic E-state index is 0.471. The van der Waals surface area contributed by atoms with Crippen molar-refractivity contribution >= 4 is 0 Å². The van der Waals surface area contributed by atoms with Crippen LogP contribution in [0.25, 0.3) is 0 Å². The second kappa shape index (κ2) is 5.30. The molecule has 1 aromatic heterocycles. The largest absolute Gasteiger partial charge is 0.478 e. The number of hydrogen-bond donors (Lipinski definition) is 1. The number of ether oxygens (including phenoxy) is 1. The quantitative estimate of drug-likeness (QED) is 0.850. The van der Waals surface area contributed by atoms with Crippen LogP contribution in [0.1, 0.15) is 38.3 Å². The second-order valence-corrected chi connectivity index (χ2v) is 4.50. The zero-order chi connectivity index (χ0) is 11.4. The van der Waals surface area contributed by atoms with Crippen LogP contribution in [0.5, 0.6) is 5.88 Å². The third kappa shape index (κ3) is 2.73. The number of hydrogen-bond acceptors (Lipinski definition) is 3. The van der Waals surface area contributed by atoms with Gasteiger partial charge in [0.25, 0.3) is 0 Å². The number of rotatable bonds is 3. The lowest BCUT2D eigenvalue weighted by molar-refractivity contribution is 0.318. The second-order valence-electron chi connectivity index (χ2n) is 4.50. The molecule has 1 aliphatic heterocycles. The summed E-state index contributed by atoms with van der Waals surface area (Å²) in [5.74, 6) is 1.53. The van der Waals surface area contributed by atoms with E-state index < -0.39 is 0 Å². The molecule has 88 valence electrons. The first kappa shape index (κ1) is 11.4. The van der Waals surface area contributed by atoms with Gasteiger partial charge in [-0.3, -0.25) is 0 Å². The summed E-state index contributed by atoms with van der Waals surface area (Å²) in [5, 5.41) is 3.57. The standard InChI is InChI=1S/C13H20N2O/c1-3-16-13-8-11(6-7-14-13)12-5-4-10(2)9-15-12/h6-8,10,12,15H,3-5,9H2,1-2H3/t10-,12+/m0/s1. The lowest BCUT2D eigenvalue weighted by atomic mass is 9.92. The molecule has 1 fully saturated rings. The predicted molar refractivity (Wildman–Crippen MR) is 64.5 cm³/mol. The number of nitrogens with one attached hydrogen (secondary N) is 1. The van der Waals surface area contributed by atoms with E-state index in [2.05, 4.69) is 29.4 Å². The van der Waals surface area contributed by atoms with Crippen LogP contribution >= 0.6 is 0 Å². The van der Waals surface area contributed by atoms with Gasteiger partial charge in [-0.2, -0.15) is 0 Å². The monoisotopic (exact) mass is 220 g/mol. The summed E-state index contributed by atoms with van der Waals surface area (Å²) in [6.45, 7) is 6.05. The molecule has 1 aromatic rings. The van der Waals surface area contributed by atoms with E-state index in [9.17, 15) is 0 Å². The highest BCUT2D eigenvalue weighted by molar-refractivity contribution is 5.24. The molecular formula is C13H20N2O. The van der Waals surface area contributed by atoms with E-state index in [4.69, 9.17) is 4.74 Å². The fourth-order valence-electron chi connectivity index (χ4n) is 2.15. The van der Waals surface area contributed by atoms with Crippen molar-refractivity contribution in [1.82, 2.24) is 10.3 Å². The van der Waals surface area contributed by atoms with Crippen molar-refractivity contribution in [2.75, 3.05) is 13.2 Å². The lowest BCUT2D eigenvalue weighted by Crippen LogP contribution is -2.31. The van der Waals surface area contributed by atoms with Gasteiger partial charge in [-0.1, -0.05) is 6.92 Å². The van der Waals surface area contributed by atoms with Gasteiger partial charge in [0.1, 0.15) is 0 Å². The van der Waals surface area contributed by atoms with Crippen LogP contribution < -0.4 is 10.1 Å². The molecular weight excluding hydrogens is 200 g/mol. The van der Waals surface area contributed by atoms with Crippen LogP contribution in [-0.4, -0.2) is 18.1 Å². The van der Waals surface area contributed by atoms with Crippen LogP contribution in [0.15, 0.2) is 18.3 Å². The summed E-state index contributed by atoms with van der Waals surface area (Å²) in [6, 6.07) is 4.60. The Morgan fingerprint density at radius 3 is 3.06 bits per heavy atom. The predicted octanol–water partition coefficient (Wildman–Crippen LogP) is 2.54. The van der Waals surface area contributed by atoms with Crippen LogP contribution in [0, 0.1) is 5.92 Å². The average molecular weight is 220 g/mol. The van der Waals surface area contributed by atoms with E-state index in [0.717, 1.165) is 18.3 Å². The van der Waals surface area contributed by atoms with Gasteiger partial charge in [-0.05, 0) is 43.9 Å². The van der Waals surface area contributed by atoms with E-state index in [1.165, 1.54) is 18.4 Å². The van der Waals surface area contributed by atoms with Crippen molar-refractivity contribution < 1.29 is 4.74 Å². The van der Waals surface area contributed by atoms with Crippen molar-refractivity contribution in [3.8, 4) is 5.88 Å². The molecule has 1 N–H and O–H groups in total. The average Bonchev–Trinajstić information content (AvgIpc) is 2.31. The van der Waals surface area contributed by atoms with Crippen LogP contribution in [-0.2, 0) is 0 Å². The Bertz CT molecular complexity index is 332. The molecule has 0 aliphatic carbocycles. The topological polar surface area (TPSA) is 34.1 Å². The SMILES string of the molecule is CCOc1cc([C@H]2CC[C@H](C)CN2)ccn1. The lowest BCUT2D eigenvalue weighted by Gasteiger charge is -2.28. The summed E-state index contributed by atoms with van der Waals surface area (Å²) in [4.78, 5) is 4.19. The molecule has 3 nitrogen and oxygen atoms in total. The van der Waals surface area contributed by atoms with E-state index in [-0.39, 0.29) is 0 Å². The first-order valence-corrected chi connectivity index (χ1v) is 6.11. The first-order valence-electron chi connectivity index (χ1n) is 6.11. The molecule has 2 rings (SSSR count). The molecule has 0 saturated carbocycles. The van der Waals surface area contributed by atoms with Gasteiger partial charge in [0, 0.05) is 18.3 Å². The summed E-state index contributed by atoms with van der Waals surface area (Å²) >= 11 is 0. The fraction of sp³-hybridized carbons (Fsp3) is 0.615. The van der Waals surface area contributed by atoms with Crippen LogP contribution in [0.4, 0.5) is 0 Å². The van der Waals surface area contributed by atoms with Gasteiger partial charge in [0.2, 0.25) is 5.88 Å².